The summed E-state index contributed by atoms with van der Waals surface area (Å²) < 4.78 is 10.7. The topological polar surface area (TPSA) is 83.4 Å². The van der Waals surface area contributed by atoms with Gasteiger partial charge in [-0.1, -0.05) is 13.8 Å². The van der Waals surface area contributed by atoms with Crippen molar-refractivity contribution in [3.05, 3.63) is 12.1 Å². The summed E-state index contributed by atoms with van der Waals surface area (Å²) in [5, 5.41) is 0. The maximum atomic E-state index is 5.54. The summed E-state index contributed by atoms with van der Waals surface area (Å²) in [7, 11) is 0. The normalized spacial score (nSPS) is 10.7. The molecule has 0 aliphatic carbocycles. The lowest BCUT2D eigenvalue weighted by atomic mass is 10.2. The van der Waals surface area contributed by atoms with Crippen molar-refractivity contribution in [3.8, 4) is 5.88 Å². The first kappa shape index (κ1) is 12.6. The third-order valence-electron chi connectivity index (χ3n) is 1.86. The van der Waals surface area contributed by atoms with Crippen LogP contribution in [-0.4, -0.2) is 24.8 Å². The Morgan fingerprint density at radius 3 is 2.62 bits per heavy atom. The van der Waals surface area contributed by atoms with E-state index < -0.39 is 0 Å². The number of aromatic nitrogens is 1. The van der Waals surface area contributed by atoms with Crippen LogP contribution in [-0.2, 0) is 4.74 Å². The number of nitrogens with two attached hydrogens (primary N) is 2. The summed E-state index contributed by atoms with van der Waals surface area (Å²) >= 11 is 0. The zero-order valence-electron chi connectivity index (χ0n) is 9.77. The molecule has 1 aromatic heterocycles. The van der Waals surface area contributed by atoms with Crippen LogP contribution in [0, 0.1) is 5.92 Å². The first-order chi connectivity index (χ1) is 7.59. The van der Waals surface area contributed by atoms with Gasteiger partial charge in [-0.15, -0.1) is 0 Å². The monoisotopic (exact) mass is 225 g/mol. The van der Waals surface area contributed by atoms with Gasteiger partial charge in [-0.2, -0.15) is 4.98 Å². The van der Waals surface area contributed by atoms with E-state index >= 15 is 0 Å². The predicted molar refractivity (Wildman–Crippen MR) is 64.2 cm³/mol. The molecule has 0 bridgehead atoms. The molecule has 0 amide bonds. The van der Waals surface area contributed by atoms with E-state index in [1.165, 1.54) is 0 Å². The number of rotatable bonds is 6. The quantitative estimate of drug-likeness (QED) is 0.713. The lowest BCUT2D eigenvalue weighted by Crippen LogP contribution is -2.11. The molecule has 0 saturated heterocycles. The van der Waals surface area contributed by atoms with Crippen molar-refractivity contribution in [1.82, 2.24) is 4.98 Å². The predicted octanol–water partition coefficient (Wildman–Crippen LogP) is 1.30. The average molecular weight is 225 g/mol. The van der Waals surface area contributed by atoms with Gasteiger partial charge in [-0.25, -0.2) is 0 Å². The number of pyridine rings is 1. The second kappa shape index (κ2) is 6.17. The lowest BCUT2D eigenvalue weighted by Gasteiger charge is -2.08. The molecular weight excluding hydrogens is 206 g/mol. The van der Waals surface area contributed by atoms with Crippen molar-refractivity contribution < 1.29 is 9.47 Å². The van der Waals surface area contributed by atoms with E-state index in [9.17, 15) is 0 Å². The van der Waals surface area contributed by atoms with Gasteiger partial charge < -0.3 is 20.9 Å². The number of nitrogen functional groups attached to an aromatic ring is 2. The zero-order chi connectivity index (χ0) is 12.0. The highest BCUT2D eigenvalue weighted by Crippen LogP contribution is 2.15. The molecule has 90 valence electrons. The Labute approximate surface area is 95.7 Å². The molecule has 1 aromatic rings. The number of hydrogen-bond acceptors (Lipinski definition) is 5. The minimum absolute atomic E-state index is 0.292. The van der Waals surface area contributed by atoms with Crippen LogP contribution in [0.3, 0.4) is 0 Å². The van der Waals surface area contributed by atoms with Gasteiger partial charge >= 0.3 is 0 Å². The third kappa shape index (κ3) is 4.35. The van der Waals surface area contributed by atoms with Crippen LogP contribution in [0.2, 0.25) is 0 Å². The number of nitrogens with zero attached hydrogens (tertiary/aromatic N) is 1. The molecule has 4 N–H and O–H groups in total. The third-order valence-corrected chi connectivity index (χ3v) is 1.86. The highest BCUT2D eigenvalue weighted by molar-refractivity contribution is 5.58. The van der Waals surface area contributed by atoms with Crippen LogP contribution >= 0.6 is 0 Å². The van der Waals surface area contributed by atoms with Crippen molar-refractivity contribution >= 4 is 11.5 Å². The van der Waals surface area contributed by atoms with Crippen molar-refractivity contribution in [2.45, 2.75) is 13.8 Å². The molecule has 16 heavy (non-hydrogen) atoms. The van der Waals surface area contributed by atoms with Crippen LogP contribution in [0.1, 0.15) is 13.8 Å². The van der Waals surface area contributed by atoms with Gasteiger partial charge in [0.25, 0.3) is 0 Å². The first-order valence-corrected chi connectivity index (χ1v) is 5.32. The highest BCUT2D eigenvalue weighted by Gasteiger charge is 2.00. The molecule has 5 heteroatoms. The van der Waals surface area contributed by atoms with E-state index in [2.05, 4.69) is 18.8 Å². The van der Waals surface area contributed by atoms with Crippen LogP contribution in [0.5, 0.6) is 5.88 Å². The summed E-state index contributed by atoms with van der Waals surface area (Å²) in [6.45, 7) is 5.94. The molecule has 0 spiro atoms. The molecule has 5 nitrogen and oxygen atoms in total. The van der Waals surface area contributed by atoms with Gasteiger partial charge in [0.2, 0.25) is 5.88 Å². The molecule has 0 radical (unpaired) electrons. The second-order valence-corrected chi connectivity index (χ2v) is 3.94. The number of anilines is 2. The zero-order valence-corrected chi connectivity index (χ0v) is 9.77. The first-order valence-electron chi connectivity index (χ1n) is 5.32. The van der Waals surface area contributed by atoms with Crippen molar-refractivity contribution in [2.24, 2.45) is 5.92 Å². The van der Waals surface area contributed by atoms with Gasteiger partial charge in [0, 0.05) is 12.7 Å². The molecule has 0 atom stereocenters. The molecule has 0 aliphatic heterocycles. The molecule has 0 aromatic carbocycles. The van der Waals surface area contributed by atoms with E-state index in [0.29, 0.717) is 36.5 Å². The van der Waals surface area contributed by atoms with Crippen LogP contribution < -0.4 is 16.2 Å². The van der Waals surface area contributed by atoms with E-state index in [0.717, 1.165) is 6.61 Å². The highest BCUT2D eigenvalue weighted by atomic mass is 16.5. The van der Waals surface area contributed by atoms with Gasteiger partial charge in [0.1, 0.15) is 6.61 Å². The number of hydrogen-bond donors (Lipinski definition) is 2. The summed E-state index contributed by atoms with van der Waals surface area (Å²) in [4.78, 5) is 3.98. The van der Waals surface area contributed by atoms with E-state index in [1.54, 1.807) is 12.1 Å². The molecule has 0 saturated carbocycles. The molecule has 0 unspecified atom stereocenters. The Hall–Kier alpha value is -1.49. The van der Waals surface area contributed by atoms with Crippen LogP contribution in [0.15, 0.2) is 12.1 Å². The van der Waals surface area contributed by atoms with E-state index in [-0.39, 0.29) is 0 Å². The Kier molecular flexibility index (Phi) is 4.85. The fourth-order valence-electron chi connectivity index (χ4n) is 1.07. The largest absolute Gasteiger partial charge is 0.475 e. The van der Waals surface area contributed by atoms with Gasteiger partial charge in [-0.05, 0) is 12.0 Å². The molecular formula is C11H19N3O2. The minimum Gasteiger partial charge on any atom is -0.475 e. The summed E-state index contributed by atoms with van der Waals surface area (Å²) in [6.07, 6.45) is 0. The van der Waals surface area contributed by atoms with Gasteiger partial charge in [0.15, 0.2) is 5.82 Å². The SMILES string of the molecule is CC(C)COCCOc1ccc(N)c(N)n1. The van der Waals surface area contributed by atoms with Crippen molar-refractivity contribution in [2.75, 3.05) is 31.3 Å². The fraction of sp³-hybridized carbons (Fsp3) is 0.545. The lowest BCUT2D eigenvalue weighted by molar-refractivity contribution is 0.0807. The van der Waals surface area contributed by atoms with Crippen molar-refractivity contribution in [1.29, 1.82) is 0 Å². The summed E-state index contributed by atoms with van der Waals surface area (Å²) in [6, 6.07) is 3.36. The molecule has 1 heterocycles. The van der Waals surface area contributed by atoms with E-state index in [1.807, 2.05) is 0 Å². The molecule has 0 aliphatic rings. The number of ether oxygens (including phenoxy) is 2. The van der Waals surface area contributed by atoms with Crippen LogP contribution in [0.4, 0.5) is 11.5 Å². The van der Waals surface area contributed by atoms with Crippen LogP contribution in [0.25, 0.3) is 0 Å². The maximum absolute atomic E-state index is 5.54. The van der Waals surface area contributed by atoms with Gasteiger partial charge in [0.05, 0.1) is 12.3 Å². The average Bonchev–Trinajstić information content (AvgIpc) is 2.22. The standard InChI is InChI=1S/C11H19N3O2/c1-8(2)7-15-5-6-16-10-4-3-9(12)11(13)14-10/h3-4,8H,5-7,12H2,1-2H3,(H2,13,14). The maximum Gasteiger partial charge on any atom is 0.215 e. The van der Waals surface area contributed by atoms with Crippen molar-refractivity contribution in [3.63, 3.8) is 0 Å². The van der Waals surface area contributed by atoms with Gasteiger partial charge in [-0.3, -0.25) is 0 Å². The minimum atomic E-state index is 0.292. The smallest absolute Gasteiger partial charge is 0.215 e. The summed E-state index contributed by atoms with van der Waals surface area (Å²) in [5.41, 5.74) is 11.5. The second-order valence-electron chi connectivity index (χ2n) is 3.94. The Morgan fingerprint density at radius 2 is 2.00 bits per heavy atom. The Bertz CT molecular complexity index is 329. The Morgan fingerprint density at radius 1 is 1.25 bits per heavy atom. The Balaban J connectivity index is 2.24. The molecule has 0 fully saturated rings. The summed E-state index contributed by atoms with van der Waals surface area (Å²) in [5.74, 6) is 1.30. The molecule has 1 rings (SSSR count). The van der Waals surface area contributed by atoms with E-state index in [4.69, 9.17) is 20.9 Å². The fourth-order valence-corrected chi connectivity index (χ4v) is 1.07.